The first-order valence-electron chi connectivity index (χ1n) is 5.07. The molecule has 0 bridgehead atoms. The number of halogens is 2. The lowest BCUT2D eigenvalue weighted by Gasteiger charge is -2.24. The molecule has 1 atom stereocenters. The first-order chi connectivity index (χ1) is 8.36. The van der Waals surface area contributed by atoms with Gasteiger partial charge in [0.15, 0.2) is 5.84 Å². The maximum atomic E-state index is 12.2. The number of amides is 1. The average molecular weight is 379 g/mol. The van der Waals surface area contributed by atoms with Crippen LogP contribution in [0.1, 0.15) is 17.3 Å². The van der Waals surface area contributed by atoms with Gasteiger partial charge >= 0.3 is 0 Å². The predicted octanol–water partition coefficient (Wildman–Crippen LogP) is 2.42. The van der Waals surface area contributed by atoms with Crippen molar-refractivity contribution in [3.8, 4) is 0 Å². The van der Waals surface area contributed by atoms with Crippen molar-refractivity contribution in [1.29, 1.82) is 0 Å². The van der Waals surface area contributed by atoms with E-state index in [1.54, 1.807) is 26.1 Å². The Labute approximate surface area is 122 Å². The molecule has 7 heteroatoms. The monoisotopic (exact) mass is 377 g/mol. The number of benzene rings is 1. The second-order valence-electron chi connectivity index (χ2n) is 3.78. The van der Waals surface area contributed by atoms with Crippen molar-refractivity contribution in [2.45, 2.75) is 13.0 Å². The van der Waals surface area contributed by atoms with Crippen molar-refractivity contribution < 1.29 is 10.0 Å². The van der Waals surface area contributed by atoms with Crippen LogP contribution in [-0.2, 0) is 0 Å². The van der Waals surface area contributed by atoms with Gasteiger partial charge in [0.25, 0.3) is 5.91 Å². The predicted molar refractivity (Wildman–Crippen MR) is 76.8 cm³/mol. The van der Waals surface area contributed by atoms with E-state index in [4.69, 9.17) is 10.9 Å². The van der Waals surface area contributed by atoms with E-state index in [2.05, 4.69) is 37.0 Å². The van der Waals surface area contributed by atoms with Crippen LogP contribution in [0.2, 0.25) is 0 Å². The van der Waals surface area contributed by atoms with Crippen LogP contribution >= 0.6 is 31.9 Å². The molecule has 0 saturated heterocycles. The number of hydrogen-bond donors (Lipinski definition) is 2. The third-order valence-corrected chi connectivity index (χ3v) is 3.47. The molecule has 18 heavy (non-hydrogen) atoms. The molecule has 1 aromatic carbocycles. The highest BCUT2D eigenvalue weighted by Crippen LogP contribution is 2.21. The maximum absolute atomic E-state index is 12.2. The van der Waals surface area contributed by atoms with Crippen LogP contribution in [0.4, 0.5) is 0 Å². The lowest BCUT2D eigenvalue weighted by Crippen LogP contribution is -2.43. The summed E-state index contributed by atoms with van der Waals surface area (Å²) in [5.41, 5.74) is 5.99. The third-order valence-electron chi connectivity index (χ3n) is 2.55. The Morgan fingerprint density at radius 2 is 1.89 bits per heavy atom. The van der Waals surface area contributed by atoms with Crippen molar-refractivity contribution >= 4 is 43.6 Å². The normalized spacial score (nSPS) is 13.2. The van der Waals surface area contributed by atoms with Gasteiger partial charge in [-0.3, -0.25) is 4.79 Å². The SMILES string of the molecule is CC(/C(N)=N/O)N(C)C(=O)c1cc(Br)cc(Br)c1. The number of rotatable bonds is 3. The molecule has 98 valence electrons. The molecule has 0 aliphatic rings. The molecule has 0 saturated carbocycles. The van der Waals surface area contributed by atoms with Gasteiger partial charge in [-0.1, -0.05) is 37.0 Å². The third kappa shape index (κ3) is 3.46. The molecule has 1 amide bonds. The fourth-order valence-electron chi connectivity index (χ4n) is 1.34. The van der Waals surface area contributed by atoms with Crippen molar-refractivity contribution in [2.24, 2.45) is 10.9 Å². The molecule has 0 aliphatic carbocycles. The highest BCUT2D eigenvalue weighted by molar-refractivity contribution is 9.11. The lowest BCUT2D eigenvalue weighted by molar-refractivity contribution is 0.0776. The number of nitrogens with zero attached hydrogens (tertiary/aromatic N) is 2. The van der Waals surface area contributed by atoms with E-state index in [-0.39, 0.29) is 11.7 Å². The number of likely N-dealkylation sites (N-methyl/N-ethyl adjacent to an activating group) is 1. The quantitative estimate of drug-likeness (QED) is 0.367. The Bertz CT molecular complexity index is 471. The van der Waals surface area contributed by atoms with Gasteiger partial charge in [-0.05, 0) is 25.1 Å². The van der Waals surface area contributed by atoms with E-state index in [1.807, 2.05) is 6.07 Å². The number of nitrogens with two attached hydrogens (primary N) is 1. The molecular formula is C11H13Br2N3O2. The minimum atomic E-state index is -0.486. The van der Waals surface area contributed by atoms with Crippen LogP contribution in [0.15, 0.2) is 32.3 Å². The van der Waals surface area contributed by atoms with E-state index >= 15 is 0 Å². The Morgan fingerprint density at radius 1 is 1.39 bits per heavy atom. The number of amidine groups is 1. The second kappa shape index (κ2) is 6.19. The topological polar surface area (TPSA) is 78.9 Å². The highest BCUT2D eigenvalue weighted by Gasteiger charge is 2.21. The van der Waals surface area contributed by atoms with E-state index in [9.17, 15) is 4.79 Å². The lowest BCUT2D eigenvalue weighted by atomic mass is 10.1. The molecule has 0 aliphatic heterocycles. The maximum Gasteiger partial charge on any atom is 0.254 e. The van der Waals surface area contributed by atoms with Gasteiger partial charge in [-0.15, -0.1) is 0 Å². The molecule has 0 fully saturated rings. The summed E-state index contributed by atoms with van der Waals surface area (Å²) in [6.07, 6.45) is 0. The molecule has 0 radical (unpaired) electrons. The standard InChI is InChI=1S/C11H13Br2N3O2/c1-6(10(14)15-18)16(2)11(17)7-3-8(12)5-9(13)4-7/h3-6,18H,1-2H3,(H2,14,15). The summed E-state index contributed by atoms with van der Waals surface area (Å²) in [4.78, 5) is 13.6. The second-order valence-corrected chi connectivity index (χ2v) is 5.61. The minimum absolute atomic E-state index is 0.0140. The minimum Gasteiger partial charge on any atom is -0.409 e. The van der Waals surface area contributed by atoms with Crippen molar-refractivity contribution in [3.63, 3.8) is 0 Å². The van der Waals surface area contributed by atoms with Crippen molar-refractivity contribution in [3.05, 3.63) is 32.7 Å². The summed E-state index contributed by atoms with van der Waals surface area (Å²) >= 11 is 6.64. The number of carbonyl (C=O) groups excluding carboxylic acids is 1. The zero-order valence-corrected chi connectivity index (χ0v) is 13.1. The smallest absolute Gasteiger partial charge is 0.254 e. The van der Waals surface area contributed by atoms with Crippen molar-refractivity contribution in [2.75, 3.05) is 7.05 Å². The van der Waals surface area contributed by atoms with Gasteiger partial charge in [-0.2, -0.15) is 0 Å². The molecule has 0 aromatic heterocycles. The van der Waals surface area contributed by atoms with Gasteiger partial charge in [0.2, 0.25) is 0 Å². The summed E-state index contributed by atoms with van der Waals surface area (Å²) in [5, 5.41) is 11.5. The Morgan fingerprint density at radius 3 is 2.33 bits per heavy atom. The van der Waals surface area contributed by atoms with Crippen LogP contribution in [0.3, 0.4) is 0 Å². The van der Waals surface area contributed by atoms with Gasteiger partial charge in [0.05, 0.1) is 6.04 Å². The summed E-state index contributed by atoms with van der Waals surface area (Å²) in [5.74, 6) is -0.226. The average Bonchev–Trinajstić information content (AvgIpc) is 2.33. The summed E-state index contributed by atoms with van der Waals surface area (Å²) < 4.78 is 1.59. The number of oxime groups is 1. The van der Waals surface area contributed by atoms with Crippen LogP contribution in [0, 0.1) is 0 Å². The van der Waals surface area contributed by atoms with Gasteiger partial charge in [-0.25, -0.2) is 0 Å². The van der Waals surface area contributed by atoms with Gasteiger partial charge < -0.3 is 15.8 Å². The zero-order chi connectivity index (χ0) is 13.9. The summed E-state index contributed by atoms with van der Waals surface area (Å²) in [6, 6.07) is 4.77. The van der Waals surface area contributed by atoms with Crippen molar-refractivity contribution in [1.82, 2.24) is 4.90 Å². The van der Waals surface area contributed by atoms with Crippen LogP contribution in [-0.4, -0.2) is 34.9 Å². The Balaban J connectivity index is 3.00. The Kier molecular flexibility index (Phi) is 5.15. The van der Waals surface area contributed by atoms with Crippen LogP contribution in [0.5, 0.6) is 0 Å². The van der Waals surface area contributed by atoms with E-state index in [0.717, 1.165) is 8.95 Å². The molecule has 3 N–H and O–H groups in total. The van der Waals surface area contributed by atoms with Gasteiger partial charge in [0.1, 0.15) is 0 Å². The fourth-order valence-corrected chi connectivity index (χ4v) is 2.63. The summed E-state index contributed by atoms with van der Waals surface area (Å²) in [7, 11) is 1.60. The molecule has 0 heterocycles. The van der Waals surface area contributed by atoms with Crippen LogP contribution in [0.25, 0.3) is 0 Å². The first-order valence-corrected chi connectivity index (χ1v) is 6.66. The van der Waals surface area contributed by atoms with E-state index in [1.165, 1.54) is 4.90 Å². The first kappa shape index (κ1) is 15.0. The van der Waals surface area contributed by atoms with Crippen LogP contribution < -0.4 is 5.73 Å². The Hall–Kier alpha value is -1.08. The highest BCUT2D eigenvalue weighted by atomic mass is 79.9. The molecule has 5 nitrogen and oxygen atoms in total. The van der Waals surface area contributed by atoms with Gasteiger partial charge in [0, 0.05) is 21.6 Å². The molecule has 1 unspecified atom stereocenters. The summed E-state index contributed by atoms with van der Waals surface area (Å²) in [6.45, 7) is 1.68. The largest absolute Gasteiger partial charge is 0.409 e. The zero-order valence-electron chi connectivity index (χ0n) is 9.89. The van der Waals surface area contributed by atoms with E-state index < -0.39 is 6.04 Å². The molecular weight excluding hydrogens is 366 g/mol. The van der Waals surface area contributed by atoms with E-state index in [0.29, 0.717) is 5.56 Å². The number of carbonyl (C=O) groups is 1. The fraction of sp³-hybridized carbons (Fsp3) is 0.273. The molecule has 0 spiro atoms. The number of hydrogen-bond acceptors (Lipinski definition) is 3. The molecule has 1 rings (SSSR count). The molecule has 1 aromatic rings.